The van der Waals surface area contributed by atoms with Crippen LogP contribution in [-0.2, 0) is 65.4 Å². The van der Waals surface area contributed by atoms with Gasteiger partial charge in [0.2, 0.25) is 0 Å². The molecule has 17 nitrogen and oxygen atoms in total. The molecule has 0 saturated carbocycles. The van der Waals surface area contributed by atoms with Crippen LogP contribution in [0.5, 0.6) is 0 Å². The Kier molecular flexibility index (Phi) is 74.3. The van der Waals surface area contributed by atoms with Crippen LogP contribution in [-0.4, -0.2) is 96.7 Å². The van der Waals surface area contributed by atoms with E-state index in [0.29, 0.717) is 31.6 Å². The molecular weight excluding hydrogens is 1380 g/mol. The molecule has 0 amide bonds. The van der Waals surface area contributed by atoms with Crippen LogP contribution in [0.15, 0.2) is 0 Å². The zero-order valence-electron chi connectivity index (χ0n) is 70.1. The molecular formula is C87H170O17P2. The summed E-state index contributed by atoms with van der Waals surface area (Å²) in [6, 6.07) is 0. The number of ether oxygens (including phenoxy) is 4. The molecule has 630 valence electrons. The van der Waals surface area contributed by atoms with Crippen molar-refractivity contribution in [1.29, 1.82) is 0 Å². The van der Waals surface area contributed by atoms with E-state index in [4.69, 9.17) is 37.0 Å². The summed E-state index contributed by atoms with van der Waals surface area (Å²) in [6.45, 7) is 14.3. The number of hydrogen-bond donors (Lipinski definition) is 3. The summed E-state index contributed by atoms with van der Waals surface area (Å²) in [6.07, 6.45) is 65.5. The minimum Gasteiger partial charge on any atom is -0.462 e. The van der Waals surface area contributed by atoms with Crippen molar-refractivity contribution in [1.82, 2.24) is 0 Å². The van der Waals surface area contributed by atoms with E-state index in [1.807, 2.05) is 0 Å². The molecule has 0 saturated heterocycles. The maximum absolute atomic E-state index is 13.1. The predicted molar refractivity (Wildman–Crippen MR) is 437 cm³/mol. The fourth-order valence-electron chi connectivity index (χ4n) is 13.5. The quantitative estimate of drug-likeness (QED) is 0.0222. The first-order valence-electron chi connectivity index (χ1n) is 44.7. The van der Waals surface area contributed by atoms with Gasteiger partial charge in [0, 0.05) is 25.7 Å². The van der Waals surface area contributed by atoms with E-state index in [1.54, 1.807) is 0 Å². The Morgan fingerprint density at radius 2 is 0.453 bits per heavy atom. The van der Waals surface area contributed by atoms with Crippen molar-refractivity contribution < 1.29 is 80.2 Å². The normalized spacial score (nSPS) is 14.2. The molecule has 0 fully saturated rings. The summed E-state index contributed by atoms with van der Waals surface area (Å²) in [5, 5.41) is 10.7. The molecule has 0 aliphatic rings. The Bertz CT molecular complexity index is 2060. The average Bonchev–Trinajstić information content (AvgIpc) is 0.900. The van der Waals surface area contributed by atoms with Gasteiger partial charge in [0.15, 0.2) is 12.2 Å². The third-order valence-electron chi connectivity index (χ3n) is 20.7. The molecule has 0 aromatic carbocycles. The van der Waals surface area contributed by atoms with Crippen molar-refractivity contribution in [3.8, 4) is 0 Å². The van der Waals surface area contributed by atoms with Gasteiger partial charge in [0.25, 0.3) is 0 Å². The molecule has 3 unspecified atom stereocenters. The summed E-state index contributed by atoms with van der Waals surface area (Å²) in [4.78, 5) is 73.2. The topological polar surface area (TPSA) is 237 Å². The lowest BCUT2D eigenvalue weighted by Gasteiger charge is -2.21. The lowest BCUT2D eigenvalue weighted by molar-refractivity contribution is -0.161. The van der Waals surface area contributed by atoms with E-state index in [9.17, 15) is 43.2 Å². The van der Waals surface area contributed by atoms with Crippen LogP contribution in [0.2, 0.25) is 0 Å². The van der Waals surface area contributed by atoms with Gasteiger partial charge in [-0.1, -0.05) is 402 Å². The highest BCUT2D eigenvalue weighted by Gasteiger charge is 2.31. The van der Waals surface area contributed by atoms with Crippen LogP contribution < -0.4 is 0 Å². The summed E-state index contributed by atoms with van der Waals surface area (Å²) in [5.74, 6) is 1.03. The third-order valence-corrected chi connectivity index (χ3v) is 22.6. The molecule has 0 aliphatic carbocycles. The van der Waals surface area contributed by atoms with Crippen molar-refractivity contribution >= 4 is 39.5 Å². The smallest absolute Gasteiger partial charge is 0.462 e. The van der Waals surface area contributed by atoms with Crippen molar-refractivity contribution in [2.45, 2.75) is 472 Å². The Morgan fingerprint density at radius 1 is 0.264 bits per heavy atom. The number of rotatable bonds is 84. The summed E-state index contributed by atoms with van der Waals surface area (Å²) in [7, 11) is -9.93. The van der Waals surface area contributed by atoms with Crippen molar-refractivity contribution in [2.75, 3.05) is 39.6 Å². The van der Waals surface area contributed by atoms with Crippen LogP contribution in [0.3, 0.4) is 0 Å². The van der Waals surface area contributed by atoms with Crippen LogP contribution in [0, 0.1) is 23.7 Å². The van der Waals surface area contributed by atoms with Crippen molar-refractivity contribution in [2.24, 2.45) is 23.7 Å². The highest BCUT2D eigenvalue weighted by molar-refractivity contribution is 7.47. The molecule has 0 bridgehead atoms. The third kappa shape index (κ3) is 78.7. The van der Waals surface area contributed by atoms with Crippen LogP contribution in [0.25, 0.3) is 0 Å². The van der Waals surface area contributed by atoms with Gasteiger partial charge >= 0.3 is 39.5 Å². The van der Waals surface area contributed by atoms with Gasteiger partial charge in [-0.05, 0) is 49.4 Å². The SMILES string of the molecule is CCC(C)CCCCCCCCCCCCCCCCCCCCC(=O)O[C@H](COC(=O)CCCCCCCCC(C)C)COP(=O)(O)OC[C@H](O)COP(=O)(O)OC[C@@H](COC(=O)CCCCCCCCCCCCCCCCCCCCC(C)C)OC(=O)CCCCCCCCCCCCCC(C)C. The molecule has 0 heterocycles. The number of phosphoric ester groups is 2. The van der Waals surface area contributed by atoms with Gasteiger partial charge in [0.1, 0.15) is 19.3 Å². The second kappa shape index (κ2) is 75.7. The number of unbranched alkanes of at least 4 members (excludes halogenated alkanes) is 49. The Hall–Kier alpha value is -1.94. The molecule has 0 aromatic rings. The number of esters is 4. The lowest BCUT2D eigenvalue weighted by atomic mass is 9.99. The van der Waals surface area contributed by atoms with Crippen LogP contribution >= 0.6 is 15.6 Å². The molecule has 106 heavy (non-hydrogen) atoms. The Labute approximate surface area is 651 Å². The highest BCUT2D eigenvalue weighted by atomic mass is 31.2. The van der Waals surface area contributed by atoms with Crippen molar-refractivity contribution in [3.05, 3.63) is 0 Å². The highest BCUT2D eigenvalue weighted by Crippen LogP contribution is 2.45. The number of carbonyl (C=O) groups excluding carboxylic acids is 4. The van der Waals surface area contributed by atoms with E-state index in [0.717, 1.165) is 114 Å². The lowest BCUT2D eigenvalue weighted by Crippen LogP contribution is -2.30. The van der Waals surface area contributed by atoms with E-state index in [2.05, 4.69) is 55.4 Å². The number of aliphatic hydroxyl groups is 1. The Morgan fingerprint density at radius 3 is 0.670 bits per heavy atom. The first-order chi connectivity index (χ1) is 51.1. The van der Waals surface area contributed by atoms with E-state index in [-0.39, 0.29) is 25.7 Å². The maximum atomic E-state index is 13.1. The second-order valence-electron chi connectivity index (χ2n) is 33.0. The average molecular weight is 1550 g/mol. The molecule has 0 radical (unpaired) electrons. The Balaban J connectivity index is 5.15. The molecule has 19 heteroatoms. The fraction of sp³-hybridized carbons (Fsp3) is 0.954. The van der Waals surface area contributed by atoms with Crippen molar-refractivity contribution in [3.63, 3.8) is 0 Å². The first-order valence-corrected chi connectivity index (χ1v) is 47.7. The number of hydrogen-bond acceptors (Lipinski definition) is 15. The van der Waals surface area contributed by atoms with Gasteiger partial charge in [-0.3, -0.25) is 37.3 Å². The zero-order chi connectivity index (χ0) is 78.1. The standard InChI is InChI=1S/C87H170O17P2/c1-9-80(8)66-58-50-41-35-29-23-19-15-11-13-17-21-25-31-37-43-53-61-69-86(91)104-83(74-98-85(90)68-60-52-46-45-49-57-65-79(6)7)76-102-106(95,96)100-72-81(88)71-99-105(93,94)101-75-82(103-87(92)70-62-54-44-38-32-26-28-34-40-48-56-64-78(4)5)73-97-84(89)67-59-51-42-36-30-24-20-16-12-10-14-18-22-27-33-39-47-55-63-77(2)3/h77-83,88H,9-76H2,1-8H3,(H,93,94)(H,95,96)/t80?,81-,82-,83-/m1/s1. The predicted octanol–water partition coefficient (Wildman–Crippen LogP) is 26.3. The number of aliphatic hydroxyl groups excluding tert-OH is 1. The molecule has 3 N–H and O–H groups in total. The van der Waals surface area contributed by atoms with Gasteiger partial charge in [-0.2, -0.15) is 0 Å². The fourth-order valence-corrected chi connectivity index (χ4v) is 15.0. The summed E-state index contributed by atoms with van der Waals surface area (Å²) >= 11 is 0. The molecule has 0 aliphatic heterocycles. The van der Waals surface area contributed by atoms with E-state index < -0.39 is 97.5 Å². The minimum absolute atomic E-state index is 0.107. The van der Waals surface area contributed by atoms with Crippen LogP contribution in [0.4, 0.5) is 0 Å². The van der Waals surface area contributed by atoms with Gasteiger partial charge < -0.3 is 33.8 Å². The minimum atomic E-state index is -4.97. The summed E-state index contributed by atoms with van der Waals surface area (Å²) in [5.41, 5.74) is 0. The molecule has 0 aromatic heterocycles. The molecule has 0 rings (SSSR count). The van der Waals surface area contributed by atoms with Crippen LogP contribution in [0.1, 0.15) is 453 Å². The van der Waals surface area contributed by atoms with Gasteiger partial charge in [-0.15, -0.1) is 0 Å². The number of carbonyl (C=O) groups is 4. The van der Waals surface area contributed by atoms with E-state index in [1.165, 1.54) is 250 Å². The second-order valence-corrected chi connectivity index (χ2v) is 35.9. The van der Waals surface area contributed by atoms with Gasteiger partial charge in [-0.25, -0.2) is 9.13 Å². The zero-order valence-corrected chi connectivity index (χ0v) is 71.9. The summed E-state index contributed by atoms with van der Waals surface area (Å²) < 4.78 is 68.8. The monoisotopic (exact) mass is 1550 g/mol. The van der Waals surface area contributed by atoms with Gasteiger partial charge in [0.05, 0.1) is 26.4 Å². The number of phosphoric acid groups is 2. The maximum Gasteiger partial charge on any atom is 0.472 e. The first kappa shape index (κ1) is 104. The molecule has 6 atom stereocenters. The largest absolute Gasteiger partial charge is 0.472 e. The van der Waals surface area contributed by atoms with E-state index >= 15 is 0 Å². The molecule has 0 spiro atoms.